The summed E-state index contributed by atoms with van der Waals surface area (Å²) in [5, 5.41) is 11.0. The summed E-state index contributed by atoms with van der Waals surface area (Å²) in [7, 11) is 0. The zero-order valence-corrected chi connectivity index (χ0v) is 14.5. The van der Waals surface area contributed by atoms with Gasteiger partial charge < -0.3 is 19.6 Å². The minimum absolute atomic E-state index is 0.105. The van der Waals surface area contributed by atoms with Gasteiger partial charge in [0, 0.05) is 32.7 Å². The van der Waals surface area contributed by atoms with E-state index in [4.69, 9.17) is 21.1 Å². The van der Waals surface area contributed by atoms with Crippen molar-refractivity contribution in [3.63, 3.8) is 0 Å². The van der Waals surface area contributed by atoms with Crippen LogP contribution in [0.5, 0.6) is 11.5 Å². The Bertz CT molecular complexity index is 969. The lowest BCUT2D eigenvalue weighted by Crippen LogP contribution is -2.13. The Morgan fingerprint density at radius 1 is 1.21 bits per heavy atom. The molecule has 2 N–H and O–H groups in total. The van der Waals surface area contributed by atoms with Crippen molar-refractivity contribution in [1.29, 1.82) is 0 Å². The minimum atomic E-state index is -0.986. The van der Waals surface area contributed by atoms with Crippen LogP contribution in [-0.2, 0) is 4.79 Å². The van der Waals surface area contributed by atoms with E-state index >= 15 is 0 Å². The third kappa shape index (κ3) is 2.42. The Morgan fingerprint density at radius 3 is 2.71 bits per heavy atom. The maximum atomic E-state index is 12.0. The number of fused-ring (bicyclic) bond motifs is 2. The number of aliphatic carboxylic acids is 1. The molecule has 1 aromatic heterocycles. The molecular formula is C17H11BrClNO4. The fourth-order valence-electron chi connectivity index (χ4n) is 2.95. The molecule has 24 heavy (non-hydrogen) atoms. The number of ether oxygens (including phenoxy) is 2. The summed E-state index contributed by atoms with van der Waals surface area (Å²) < 4.78 is 11.6. The molecule has 0 saturated carbocycles. The van der Waals surface area contributed by atoms with Crippen LogP contribution in [0.1, 0.15) is 17.0 Å². The number of hydrogen-bond acceptors (Lipinski definition) is 3. The number of carboxylic acids is 1. The van der Waals surface area contributed by atoms with Crippen molar-refractivity contribution in [1.82, 2.24) is 4.98 Å². The molecule has 1 unspecified atom stereocenters. The number of carbonyl (C=O) groups is 1. The molecule has 0 aliphatic carbocycles. The molecule has 7 heteroatoms. The van der Waals surface area contributed by atoms with Gasteiger partial charge in [-0.1, -0.05) is 33.6 Å². The van der Waals surface area contributed by atoms with Gasteiger partial charge in [-0.15, -0.1) is 0 Å². The molecule has 0 radical (unpaired) electrons. The van der Waals surface area contributed by atoms with Crippen molar-refractivity contribution in [2.75, 3.05) is 6.79 Å². The normalized spacial score (nSPS) is 14.1. The largest absolute Gasteiger partial charge is 0.481 e. The van der Waals surface area contributed by atoms with Gasteiger partial charge in [-0.3, -0.25) is 4.79 Å². The quantitative estimate of drug-likeness (QED) is 0.668. The van der Waals surface area contributed by atoms with Gasteiger partial charge in [-0.05, 0) is 29.3 Å². The van der Waals surface area contributed by atoms with E-state index < -0.39 is 11.9 Å². The standard InChI is InChI=1S/C17H11BrClNO4/c18-8-1-2-9-11(6-20-13(9)3-8)16(17(21)22)10-4-14-15(5-12(10)19)24-7-23-14/h1-6,16,20H,7H2,(H,21,22). The van der Waals surface area contributed by atoms with Crippen LogP contribution in [-0.4, -0.2) is 22.9 Å². The van der Waals surface area contributed by atoms with Gasteiger partial charge in [-0.25, -0.2) is 0 Å². The SMILES string of the molecule is O=C(O)C(c1cc2c(cc1Cl)OCO2)c1c[nH]c2cc(Br)ccc12. The predicted octanol–water partition coefficient (Wildman–Crippen LogP) is 4.53. The summed E-state index contributed by atoms with van der Waals surface area (Å²) >= 11 is 9.73. The second-order valence-electron chi connectivity index (χ2n) is 5.43. The second-order valence-corrected chi connectivity index (χ2v) is 6.76. The van der Waals surface area contributed by atoms with Crippen LogP contribution in [0.25, 0.3) is 10.9 Å². The topological polar surface area (TPSA) is 71.6 Å². The van der Waals surface area contributed by atoms with Crippen molar-refractivity contribution in [3.8, 4) is 11.5 Å². The van der Waals surface area contributed by atoms with Crippen molar-refractivity contribution >= 4 is 44.4 Å². The van der Waals surface area contributed by atoms with Gasteiger partial charge in [0.05, 0.1) is 0 Å². The molecule has 122 valence electrons. The molecule has 0 amide bonds. The Morgan fingerprint density at radius 2 is 1.96 bits per heavy atom. The van der Waals surface area contributed by atoms with E-state index in [9.17, 15) is 9.90 Å². The van der Waals surface area contributed by atoms with E-state index in [0.29, 0.717) is 27.6 Å². The zero-order valence-electron chi connectivity index (χ0n) is 12.2. The van der Waals surface area contributed by atoms with Gasteiger partial charge in [0.25, 0.3) is 0 Å². The Balaban J connectivity index is 1.90. The van der Waals surface area contributed by atoms with Gasteiger partial charge in [0.15, 0.2) is 11.5 Å². The van der Waals surface area contributed by atoms with Gasteiger partial charge in [0.1, 0.15) is 5.92 Å². The van der Waals surface area contributed by atoms with Crippen molar-refractivity contribution in [2.24, 2.45) is 0 Å². The number of benzene rings is 2. The smallest absolute Gasteiger partial charge is 0.315 e. The van der Waals surface area contributed by atoms with Crippen molar-refractivity contribution in [2.45, 2.75) is 5.92 Å². The summed E-state index contributed by atoms with van der Waals surface area (Å²) in [6.07, 6.45) is 1.71. The number of aromatic amines is 1. The molecule has 1 aliphatic rings. The zero-order chi connectivity index (χ0) is 16.8. The minimum Gasteiger partial charge on any atom is -0.481 e. The maximum absolute atomic E-state index is 12.0. The van der Waals surface area contributed by atoms with Gasteiger partial charge >= 0.3 is 5.97 Å². The Kier molecular flexibility index (Phi) is 3.66. The van der Waals surface area contributed by atoms with Crippen LogP contribution in [0.3, 0.4) is 0 Å². The summed E-state index contributed by atoms with van der Waals surface area (Å²) in [4.78, 5) is 15.1. The first-order valence-corrected chi connectivity index (χ1v) is 8.30. The number of H-pyrrole nitrogens is 1. The number of halogens is 2. The predicted molar refractivity (Wildman–Crippen MR) is 93.1 cm³/mol. The Labute approximate surface area is 150 Å². The molecule has 0 bridgehead atoms. The van der Waals surface area contributed by atoms with Gasteiger partial charge in [-0.2, -0.15) is 0 Å². The lowest BCUT2D eigenvalue weighted by atomic mass is 9.90. The van der Waals surface area contributed by atoms with E-state index in [1.807, 2.05) is 18.2 Å². The number of rotatable bonds is 3. The van der Waals surface area contributed by atoms with E-state index in [0.717, 1.165) is 15.4 Å². The molecule has 0 saturated heterocycles. The first-order valence-electron chi connectivity index (χ1n) is 7.13. The average Bonchev–Trinajstić information content (AvgIpc) is 3.14. The van der Waals surface area contributed by atoms with E-state index in [1.165, 1.54) is 0 Å². The summed E-state index contributed by atoms with van der Waals surface area (Å²) in [5.41, 5.74) is 1.96. The monoisotopic (exact) mass is 407 g/mol. The highest BCUT2D eigenvalue weighted by molar-refractivity contribution is 9.10. The van der Waals surface area contributed by atoms with Gasteiger partial charge in [0.2, 0.25) is 6.79 Å². The van der Waals surface area contributed by atoms with Crippen LogP contribution in [0.15, 0.2) is 41.0 Å². The Hall–Kier alpha value is -2.18. The molecule has 0 spiro atoms. The molecule has 0 fully saturated rings. The third-order valence-corrected chi connectivity index (χ3v) is 4.86. The molecule has 5 nitrogen and oxygen atoms in total. The third-order valence-electron chi connectivity index (χ3n) is 4.04. The van der Waals surface area contributed by atoms with Crippen LogP contribution >= 0.6 is 27.5 Å². The first-order chi connectivity index (χ1) is 11.5. The van der Waals surface area contributed by atoms with Crippen molar-refractivity contribution in [3.05, 3.63) is 57.2 Å². The number of nitrogens with one attached hydrogen (secondary N) is 1. The molecule has 3 aromatic rings. The summed E-state index contributed by atoms with van der Waals surface area (Å²) in [6.45, 7) is 0.105. The highest BCUT2D eigenvalue weighted by atomic mass is 79.9. The maximum Gasteiger partial charge on any atom is 0.315 e. The van der Waals surface area contributed by atoms with E-state index in [-0.39, 0.29) is 6.79 Å². The van der Waals surface area contributed by atoms with Crippen molar-refractivity contribution < 1.29 is 19.4 Å². The summed E-state index contributed by atoms with van der Waals surface area (Å²) in [6, 6.07) is 8.89. The van der Waals surface area contributed by atoms with E-state index in [1.54, 1.807) is 18.3 Å². The fourth-order valence-corrected chi connectivity index (χ4v) is 3.57. The fraction of sp³-hybridized carbons (Fsp3) is 0.118. The van der Waals surface area contributed by atoms with Crippen LogP contribution < -0.4 is 9.47 Å². The first kappa shape index (κ1) is 15.4. The van der Waals surface area contributed by atoms with Crippen LogP contribution in [0.2, 0.25) is 5.02 Å². The van der Waals surface area contributed by atoms with E-state index in [2.05, 4.69) is 20.9 Å². The second kappa shape index (κ2) is 5.72. The number of hydrogen-bond donors (Lipinski definition) is 2. The van der Waals surface area contributed by atoms with Crippen LogP contribution in [0, 0.1) is 0 Å². The number of aromatic nitrogens is 1. The molecular weight excluding hydrogens is 398 g/mol. The highest BCUT2D eigenvalue weighted by Gasteiger charge is 2.29. The summed E-state index contributed by atoms with van der Waals surface area (Å²) in [5.74, 6) is -0.875. The molecule has 2 aromatic carbocycles. The lowest BCUT2D eigenvalue weighted by molar-refractivity contribution is -0.137. The molecule has 2 heterocycles. The highest BCUT2D eigenvalue weighted by Crippen LogP contribution is 2.42. The average molecular weight is 409 g/mol. The van der Waals surface area contributed by atoms with Crippen LogP contribution in [0.4, 0.5) is 0 Å². The molecule has 4 rings (SSSR count). The molecule has 1 atom stereocenters. The number of carboxylic acid groups (broad SMARTS) is 1. The lowest BCUT2D eigenvalue weighted by Gasteiger charge is -2.15. The molecule has 1 aliphatic heterocycles.